The summed E-state index contributed by atoms with van der Waals surface area (Å²) < 4.78 is 24.8. The Morgan fingerprint density at radius 1 is 1.38 bits per heavy atom. The summed E-state index contributed by atoms with van der Waals surface area (Å²) in [5, 5.41) is 1.94. The number of nitrogens with zero attached hydrogens (tertiary/aromatic N) is 1. The van der Waals surface area contributed by atoms with Gasteiger partial charge in [-0.05, 0) is 38.5 Å². The summed E-state index contributed by atoms with van der Waals surface area (Å²) >= 11 is 1.51. The molecule has 0 unspecified atom stereocenters. The molecule has 2 heterocycles. The van der Waals surface area contributed by atoms with Crippen molar-refractivity contribution in [1.29, 1.82) is 0 Å². The van der Waals surface area contributed by atoms with Gasteiger partial charge in [0, 0.05) is 10.9 Å². The van der Waals surface area contributed by atoms with Gasteiger partial charge in [0.05, 0.1) is 18.0 Å². The Kier molecular flexibility index (Phi) is 4.49. The lowest BCUT2D eigenvalue weighted by Gasteiger charge is -2.25. The van der Waals surface area contributed by atoms with Crippen molar-refractivity contribution in [2.24, 2.45) is 0 Å². The minimum atomic E-state index is -0.532. The molecule has 0 spiro atoms. The van der Waals surface area contributed by atoms with Crippen LogP contribution in [0.1, 0.15) is 25.6 Å². The molecule has 1 aliphatic heterocycles. The molecule has 1 aromatic heterocycles. The van der Waals surface area contributed by atoms with E-state index in [1.54, 1.807) is 11.0 Å². The van der Waals surface area contributed by atoms with E-state index in [1.807, 2.05) is 32.2 Å². The molecule has 24 heavy (non-hydrogen) atoms. The quantitative estimate of drug-likeness (QED) is 0.750. The predicted molar refractivity (Wildman–Crippen MR) is 91.9 cm³/mol. The van der Waals surface area contributed by atoms with Crippen molar-refractivity contribution in [1.82, 2.24) is 4.90 Å². The van der Waals surface area contributed by atoms with E-state index in [-0.39, 0.29) is 11.9 Å². The van der Waals surface area contributed by atoms with Crippen LogP contribution in [0.3, 0.4) is 0 Å². The topological polar surface area (TPSA) is 38.8 Å². The molecule has 0 aliphatic carbocycles. The molecule has 128 valence electrons. The first-order valence-corrected chi connectivity index (χ1v) is 8.68. The van der Waals surface area contributed by atoms with Gasteiger partial charge in [-0.2, -0.15) is 0 Å². The van der Waals surface area contributed by atoms with Crippen LogP contribution < -0.4 is 4.74 Å². The van der Waals surface area contributed by atoms with Crippen LogP contribution >= 0.6 is 11.3 Å². The third kappa shape index (κ3) is 3.70. The minimum absolute atomic E-state index is 0.281. The summed E-state index contributed by atoms with van der Waals surface area (Å²) in [4.78, 5) is 14.9. The third-order valence-electron chi connectivity index (χ3n) is 3.55. The van der Waals surface area contributed by atoms with Gasteiger partial charge in [-0.25, -0.2) is 9.18 Å². The van der Waals surface area contributed by atoms with Gasteiger partial charge in [0.15, 0.2) is 0 Å². The molecule has 3 rings (SSSR count). The van der Waals surface area contributed by atoms with Gasteiger partial charge in [0.25, 0.3) is 0 Å². The number of ether oxygens (including phenoxy) is 2. The van der Waals surface area contributed by atoms with Gasteiger partial charge in [-0.1, -0.05) is 12.1 Å². The second-order valence-electron chi connectivity index (χ2n) is 6.66. The first-order chi connectivity index (χ1) is 11.3. The molecule has 0 fully saturated rings. The number of benzene rings is 1. The maximum Gasteiger partial charge on any atom is 0.410 e. The van der Waals surface area contributed by atoms with Crippen molar-refractivity contribution in [3.63, 3.8) is 0 Å². The normalized spacial score (nSPS) is 14.6. The molecule has 0 N–H and O–H groups in total. The molecule has 0 atom stereocenters. The maximum atomic E-state index is 13.5. The Morgan fingerprint density at radius 3 is 2.88 bits per heavy atom. The first-order valence-electron chi connectivity index (χ1n) is 7.80. The van der Waals surface area contributed by atoms with Crippen LogP contribution in [0.2, 0.25) is 0 Å². The van der Waals surface area contributed by atoms with E-state index in [4.69, 9.17) is 9.47 Å². The molecule has 1 amide bonds. The molecule has 6 heteroatoms. The number of fused-ring (bicyclic) bond motifs is 1. The first kappa shape index (κ1) is 16.8. The lowest BCUT2D eigenvalue weighted by molar-refractivity contribution is 0.0227. The largest absolute Gasteiger partial charge is 0.490 e. The number of thiophene rings is 1. The SMILES string of the molecule is CC(C)(C)OC(=O)N1CCOc2c(-c3cccc(F)c3)csc2C1. The highest BCUT2D eigenvalue weighted by atomic mass is 32.1. The summed E-state index contributed by atoms with van der Waals surface area (Å²) in [6, 6.07) is 6.44. The summed E-state index contributed by atoms with van der Waals surface area (Å²) in [6.07, 6.45) is -0.348. The van der Waals surface area contributed by atoms with E-state index in [0.29, 0.717) is 19.7 Å². The number of rotatable bonds is 1. The minimum Gasteiger partial charge on any atom is -0.490 e. The second kappa shape index (κ2) is 6.43. The monoisotopic (exact) mass is 349 g/mol. The zero-order chi connectivity index (χ0) is 17.3. The standard InChI is InChI=1S/C18H20FNO3S/c1-18(2,3)23-17(21)20-7-8-22-16-14(11-24-15(16)10-20)12-5-4-6-13(19)9-12/h4-6,9,11H,7-8,10H2,1-3H3. The van der Waals surface area contributed by atoms with Gasteiger partial charge in [0.1, 0.15) is 23.8 Å². The van der Waals surface area contributed by atoms with Crippen molar-refractivity contribution in [2.45, 2.75) is 32.9 Å². The molecule has 1 aliphatic rings. The summed E-state index contributed by atoms with van der Waals surface area (Å²) in [7, 11) is 0. The number of halogens is 1. The van der Waals surface area contributed by atoms with E-state index in [2.05, 4.69) is 0 Å². The van der Waals surface area contributed by atoms with E-state index >= 15 is 0 Å². The number of carbonyl (C=O) groups excluding carboxylic acids is 1. The van der Waals surface area contributed by atoms with Gasteiger partial charge in [-0.15, -0.1) is 11.3 Å². The van der Waals surface area contributed by atoms with Crippen molar-refractivity contribution >= 4 is 17.4 Å². The van der Waals surface area contributed by atoms with Crippen LogP contribution in [0.25, 0.3) is 11.1 Å². The maximum absolute atomic E-state index is 13.5. The fourth-order valence-corrected chi connectivity index (χ4v) is 3.51. The highest BCUT2D eigenvalue weighted by molar-refractivity contribution is 7.10. The van der Waals surface area contributed by atoms with Crippen molar-refractivity contribution in [3.05, 3.63) is 40.3 Å². The van der Waals surface area contributed by atoms with Crippen LogP contribution in [0.4, 0.5) is 9.18 Å². The van der Waals surface area contributed by atoms with E-state index in [0.717, 1.165) is 21.8 Å². The number of carbonyl (C=O) groups is 1. The van der Waals surface area contributed by atoms with E-state index in [9.17, 15) is 9.18 Å². The molecule has 0 radical (unpaired) electrons. The number of amides is 1. The molecule has 2 aromatic rings. The summed E-state index contributed by atoms with van der Waals surface area (Å²) in [5.41, 5.74) is 1.11. The molecule has 4 nitrogen and oxygen atoms in total. The molecule has 0 bridgehead atoms. The van der Waals surface area contributed by atoms with Crippen LogP contribution in [0.5, 0.6) is 5.75 Å². The van der Waals surface area contributed by atoms with Crippen LogP contribution in [-0.2, 0) is 11.3 Å². The third-order valence-corrected chi connectivity index (χ3v) is 4.50. The molecular formula is C18H20FNO3S. The average Bonchev–Trinajstić information content (AvgIpc) is 2.75. The second-order valence-corrected chi connectivity index (χ2v) is 7.63. The fraction of sp³-hybridized carbons (Fsp3) is 0.389. The summed E-state index contributed by atoms with van der Waals surface area (Å²) in [6.45, 7) is 6.81. The molecule has 1 aromatic carbocycles. The fourth-order valence-electron chi connectivity index (χ4n) is 2.50. The van der Waals surface area contributed by atoms with Gasteiger partial charge in [0.2, 0.25) is 0 Å². The average molecular weight is 349 g/mol. The lowest BCUT2D eigenvalue weighted by Crippen LogP contribution is -2.37. The van der Waals surface area contributed by atoms with Gasteiger partial charge >= 0.3 is 6.09 Å². The Morgan fingerprint density at radius 2 is 2.17 bits per heavy atom. The highest BCUT2D eigenvalue weighted by Crippen LogP contribution is 2.40. The lowest BCUT2D eigenvalue weighted by atomic mass is 10.1. The van der Waals surface area contributed by atoms with E-state index in [1.165, 1.54) is 23.5 Å². The summed E-state index contributed by atoms with van der Waals surface area (Å²) in [5.74, 6) is 0.452. The van der Waals surface area contributed by atoms with Gasteiger partial charge in [-0.3, -0.25) is 4.90 Å². The molecule has 0 saturated heterocycles. The smallest absolute Gasteiger partial charge is 0.410 e. The number of hydrogen-bond acceptors (Lipinski definition) is 4. The van der Waals surface area contributed by atoms with Crippen LogP contribution in [0, 0.1) is 5.82 Å². The van der Waals surface area contributed by atoms with Crippen LogP contribution in [0.15, 0.2) is 29.6 Å². The highest BCUT2D eigenvalue weighted by Gasteiger charge is 2.27. The molecule has 0 saturated carbocycles. The van der Waals surface area contributed by atoms with E-state index < -0.39 is 5.60 Å². The van der Waals surface area contributed by atoms with Crippen molar-refractivity contribution < 1.29 is 18.7 Å². The Labute approximate surface area is 144 Å². The van der Waals surface area contributed by atoms with Crippen molar-refractivity contribution in [3.8, 4) is 16.9 Å². The Hall–Kier alpha value is -2.08. The number of hydrogen-bond donors (Lipinski definition) is 0. The Balaban J connectivity index is 1.85. The van der Waals surface area contributed by atoms with Gasteiger partial charge < -0.3 is 9.47 Å². The zero-order valence-corrected chi connectivity index (χ0v) is 14.8. The molecular weight excluding hydrogens is 329 g/mol. The predicted octanol–water partition coefficient (Wildman–Crippen LogP) is 4.68. The Bertz CT molecular complexity index is 751. The van der Waals surface area contributed by atoms with Crippen LogP contribution in [-0.4, -0.2) is 29.7 Å². The van der Waals surface area contributed by atoms with Crippen molar-refractivity contribution in [2.75, 3.05) is 13.2 Å². The zero-order valence-electron chi connectivity index (χ0n) is 14.0.